The van der Waals surface area contributed by atoms with E-state index >= 15 is 0 Å². The summed E-state index contributed by atoms with van der Waals surface area (Å²) in [5.74, 6) is -0.598. The Morgan fingerprint density at radius 1 is 0.364 bits per heavy atom. The average Bonchev–Trinajstić information content (AvgIpc) is 3.32. The summed E-state index contributed by atoms with van der Waals surface area (Å²) in [6, 6.07) is -1.01. The molecule has 0 saturated carbocycles. The first kappa shape index (κ1) is 64.3. The SMILES string of the molecule is CCC/C=C/CC/C=C/CC/C=C/CCCC(O)C(O)C(CO)NC(=O)C(O)CCCCCCCCCCCCCCCCCC/C=C\CCCCCCCCCCCCCCCCCC. The molecule has 0 spiro atoms. The Hall–Kier alpha value is -1.73. The summed E-state index contributed by atoms with van der Waals surface area (Å²) in [4.78, 5) is 12.6. The van der Waals surface area contributed by atoms with Crippen LogP contribution in [0.5, 0.6) is 0 Å². The quantitative estimate of drug-likeness (QED) is 0.0308. The molecule has 6 nitrogen and oxygen atoms in total. The minimum atomic E-state index is -1.29. The lowest BCUT2D eigenvalue weighted by molar-refractivity contribution is -0.132. The molecule has 0 heterocycles. The maximum atomic E-state index is 12.6. The van der Waals surface area contributed by atoms with Gasteiger partial charge in [-0.3, -0.25) is 4.79 Å². The Morgan fingerprint density at radius 3 is 1.02 bits per heavy atom. The van der Waals surface area contributed by atoms with Crippen LogP contribution in [0.4, 0.5) is 0 Å². The van der Waals surface area contributed by atoms with Crippen LogP contribution in [0, 0.1) is 0 Å². The Bertz CT molecular complexity index is 1090. The van der Waals surface area contributed by atoms with Gasteiger partial charge in [-0.2, -0.15) is 0 Å². The molecule has 1 amide bonds. The lowest BCUT2D eigenvalue weighted by Crippen LogP contribution is -2.53. The summed E-state index contributed by atoms with van der Waals surface area (Å²) >= 11 is 0. The molecule has 0 aromatic carbocycles. The molecule has 5 N–H and O–H groups in total. The van der Waals surface area contributed by atoms with Gasteiger partial charge in [0.2, 0.25) is 5.91 Å². The van der Waals surface area contributed by atoms with Crippen LogP contribution in [0.1, 0.15) is 296 Å². The highest BCUT2D eigenvalue weighted by atomic mass is 16.3. The normalized spacial score (nSPS) is 14.1. The van der Waals surface area contributed by atoms with Crippen molar-refractivity contribution in [2.75, 3.05) is 6.61 Å². The number of unbranched alkanes of at least 4 members (excludes halogenated alkanes) is 36. The summed E-state index contributed by atoms with van der Waals surface area (Å²) in [5.41, 5.74) is 0. The molecule has 4 atom stereocenters. The van der Waals surface area contributed by atoms with Gasteiger partial charge in [-0.1, -0.05) is 262 Å². The van der Waals surface area contributed by atoms with Crippen LogP contribution in [-0.2, 0) is 4.79 Å². The molecule has 0 radical (unpaired) electrons. The molecule has 4 unspecified atom stereocenters. The third kappa shape index (κ3) is 47.3. The molecule has 0 aliphatic rings. The number of hydrogen-bond acceptors (Lipinski definition) is 5. The molecule has 388 valence electrons. The predicted octanol–water partition coefficient (Wildman–Crippen LogP) is 17.0. The van der Waals surface area contributed by atoms with Gasteiger partial charge in [0.1, 0.15) is 12.2 Å². The van der Waals surface area contributed by atoms with Gasteiger partial charge < -0.3 is 25.7 Å². The Labute approximate surface area is 410 Å². The van der Waals surface area contributed by atoms with E-state index in [1.165, 1.54) is 205 Å². The smallest absolute Gasteiger partial charge is 0.249 e. The largest absolute Gasteiger partial charge is 0.394 e. The summed E-state index contributed by atoms with van der Waals surface area (Å²) < 4.78 is 0. The van der Waals surface area contributed by atoms with E-state index in [1.807, 2.05) is 0 Å². The van der Waals surface area contributed by atoms with Gasteiger partial charge in [0.15, 0.2) is 0 Å². The number of rotatable bonds is 53. The Balaban J connectivity index is 3.55. The van der Waals surface area contributed by atoms with Crippen LogP contribution < -0.4 is 5.32 Å². The number of aliphatic hydroxyl groups excluding tert-OH is 4. The number of allylic oxidation sites excluding steroid dienone is 8. The summed E-state index contributed by atoms with van der Waals surface area (Å²) in [5, 5.41) is 43.8. The van der Waals surface area contributed by atoms with Crippen molar-refractivity contribution in [3.8, 4) is 0 Å². The van der Waals surface area contributed by atoms with Crippen molar-refractivity contribution < 1.29 is 25.2 Å². The predicted molar refractivity (Wildman–Crippen MR) is 288 cm³/mol. The fourth-order valence-corrected chi connectivity index (χ4v) is 8.91. The minimum absolute atomic E-state index is 0.359. The first-order chi connectivity index (χ1) is 32.5. The molecule has 0 aliphatic heterocycles. The van der Waals surface area contributed by atoms with Crippen molar-refractivity contribution in [2.24, 2.45) is 0 Å². The molecule has 6 heteroatoms. The van der Waals surface area contributed by atoms with Crippen LogP contribution in [0.2, 0.25) is 0 Å². The van der Waals surface area contributed by atoms with Crippen molar-refractivity contribution in [1.29, 1.82) is 0 Å². The minimum Gasteiger partial charge on any atom is -0.394 e. The van der Waals surface area contributed by atoms with Crippen molar-refractivity contribution in [3.63, 3.8) is 0 Å². The molecule has 0 fully saturated rings. The fourth-order valence-electron chi connectivity index (χ4n) is 8.91. The molecular weight excluding hydrogens is 815 g/mol. The second-order valence-corrected chi connectivity index (χ2v) is 20.0. The third-order valence-corrected chi connectivity index (χ3v) is 13.4. The number of hydrogen-bond donors (Lipinski definition) is 5. The number of aliphatic hydroxyl groups is 4. The van der Waals surface area contributed by atoms with Gasteiger partial charge in [-0.05, 0) is 83.5 Å². The standard InChI is InChI=1S/C60H113NO5/c1-3-5-7-9-11-13-15-17-19-20-21-22-23-24-25-26-27-28-29-30-31-32-33-34-35-36-37-38-39-40-42-44-46-48-50-52-54-58(64)60(66)61-56(55-62)59(65)57(63)53-51-49-47-45-43-41-18-16-14-12-10-8-6-4-2/h8,10,16,18,28-29,45,47,56-59,62-65H,3-7,9,11-15,17,19-27,30-44,46,48-55H2,1-2H3,(H,61,66)/b10-8+,18-16+,29-28-,47-45+. The lowest BCUT2D eigenvalue weighted by atomic mass is 10.00. The summed E-state index contributed by atoms with van der Waals surface area (Å²) in [6.07, 6.45) is 69.2. The zero-order chi connectivity index (χ0) is 48.1. The van der Waals surface area contributed by atoms with Crippen molar-refractivity contribution in [3.05, 3.63) is 48.6 Å². The highest BCUT2D eigenvalue weighted by Gasteiger charge is 2.28. The van der Waals surface area contributed by atoms with Crippen molar-refractivity contribution >= 4 is 5.91 Å². The van der Waals surface area contributed by atoms with Gasteiger partial charge >= 0.3 is 0 Å². The Kier molecular flexibility index (Phi) is 52.8. The molecule has 0 saturated heterocycles. The van der Waals surface area contributed by atoms with E-state index in [2.05, 4.69) is 67.8 Å². The van der Waals surface area contributed by atoms with Crippen molar-refractivity contribution in [2.45, 2.75) is 321 Å². The molecule has 0 aliphatic carbocycles. The van der Waals surface area contributed by atoms with Gasteiger partial charge in [0.25, 0.3) is 0 Å². The first-order valence-electron chi connectivity index (χ1n) is 29.0. The van der Waals surface area contributed by atoms with Gasteiger partial charge in [-0.15, -0.1) is 0 Å². The molecule has 0 aromatic heterocycles. The zero-order valence-corrected chi connectivity index (χ0v) is 43.9. The van der Waals surface area contributed by atoms with Crippen LogP contribution in [0.3, 0.4) is 0 Å². The lowest BCUT2D eigenvalue weighted by Gasteiger charge is -2.27. The fraction of sp³-hybridized carbons (Fsp3) is 0.850. The van der Waals surface area contributed by atoms with E-state index in [-0.39, 0.29) is 0 Å². The third-order valence-electron chi connectivity index (χ3n) is 13.4. The van der Waals surface area contributed by atoms with E-state index in [0.29, 0.717) is 19.3 Å². The summed E-state index contributed by atoms with van der Waals surface area (Å²) in [7, 11) is 0. The van der Waals surface area contributed by atoms with Crippen LogP contribution >= 0.6 is 0 Å². The van der Waals surface area contributed by atoms with Crippen molar-refractivity contribution in [1.82, 2.24) is 5.32 Å². The number of nitrogens with one attached hydrogen (secondary N) is 1. The molecule has 0 aromatic rings. The maximum Gasteiger partial charge on any atom is 0.249 e. The van der Waals surface area contributed by atoms with E-state index in [1.54, 1.807) is 0 Å². The number of amides is 1. The van der Waals surface area contributed by atoms with Crippen LogP contribution in [-0.4, -0.2) is 57.3 Å². The monoisotopic (exact) mass is 928 g/mol. The van der Waals surface area contributed by atoms with Gasteiger partial charge in [0, 0.05) is 0 Å². The molecule has 0 rings (SSSR count). The average molecular weight is 929 g/mol. The molecule has 0 bridgehead atoms. The van der Waals surface area contributed by atoms with E-state index in [0.717, 1.165) is 57.8 Å². The topological polar surface area (TPSA) is 110 Å². The van der Waals surface area contributed by atoms with E-state index < -0.39 is 36.9 Å². The molecule has 66 heavy (non-hydrogen) atoms. The highest BCUT2D eigenvalue weighted by molar-refractivity contribution is 5.80. The van der Waals surface area contributed by atoms with Gasteiger partial charge in [-0.25, -0.2) is 0 Å². The summed E-state index contributed by atoms with van der Waals surface area (Å²) in [6.45, 7) is 3.99. The van der Waals surface area contributed by atoms with Crippen LogP contribution in [0.15, 0.2) is 48.6 Å². The van der Waals surface area contributed by atoms with E-state index in [4.69, 9.17) is 0 Å². The first-order valence-corrected chi connectivity index (χ1v) is 29.0. The van der Waals surface area contributed by atoms with Crippen LogP contribution in [0.25, 0.3) is 0 Å². The maximum absolute atomic E-state index is 12.6. The second-order valence-electron chi connectivity index (χ2n) is 20.0. The Morgan fingerprint density at radius 2 is 0.667 bits per heavy atom. The molecular formula is C60H113NO5. The zero-order valence-electron chi connectivity index (χ0n) is 43.9. The highest BCUT2D eigenvalue weighted by Crippen LogP contribution is 2.17. The second kappa shape index (κ2) is 54.2. The van der Waals surface area contributed by atoms with Gasteiger partial charge in [0.05, 0.1) is 18.8 Å². The number of carbonyl (C=O) groups is 1. The van der Waals surface area contributed by atoms with E-state index in [9.17, 15) is 25.2 Å². The number of carbonyl (C=O) groups excluding carboxylic acids is 1.